The minimum absolute atomic E-state index is 0.219. The Morgan fingerprint density at radius 1 is 1.15 bits per heavy atom. The summed E-state index contributed by atoms with van der Waals surface area (Å²) in [6.45, 7) is 0.559. The van der Waals surface area contributed by atoms with Crippen molar-refractivity contribution in [2.24, 2.45) is 0 Å². The topological polar surface area (TPSA) is 90.9 Å². The molecule has 27 heavy (non-hydrogen) atoms. The van der Waals surface area contributed by atoms with E-state index in [4.69, 9.17) is 18.9 Å². The van der Waals surface area contributed by atoms with Crippen LogP contribution >= 0.6 is 11.3 Å². The molecule has 0 bridgehead atoms. The number of carbonyl (C=O) groups is 1. The SMILES string of the molecule is COc1ccc(CNC(=O)Nc2nc3cc4c(cc3s2)OCO4)cc1OC. The summed E-state index contributed by atoms with van der Waals surface area (Å²) in [6, 6.07) is 8.80. The van der Waals surface area contributed by atoms with Crippen LogP contribution in [0.1, 0.15) is 5.56 Å². The monoisotopic (exact) mass is 387 g/mol. The van der Waals surface area contributed by atoms with Gasteiger partial charge in [-0.2, -0.15) is 0 Å². The van der Waals surface area contributed by atoms with Crippen molar-refractivity contribution in [2.45, 2.75) is 6.54 Å². The maximum absolute atomic E-state index is 12.2. The average Bonchev–Trinajstić information content (AvgIpc) is 3.29. The van der Waals surface area contributed by atoms with Gasteiger partial charge in [-0.05, 0) is 17.7 Å². The van der Waals surface area contributed by atoms with Crippen molar-refractivity contribution >= 4 is 32.7 Å². The second-order valence-electron chi connectivity index (χ2n) is 5.69. The van der Waals surface area contributed by atoms with E-state index in [2.05, 4.69) is 15.6 Å². The number of fused-ring (bicyclic) bond motifs is 2. The fourth-order valence-electron chi connectivity index (χ4n) is 2.69. The molecule has 9 heteroatoms. The Morgan fingerprint density at radius 2 is 1.93 bits per heavy atom. The van der Waals surface area contributed by atoms with Gasteiger partial charge < -0.3 is 24.3 Å². The number of methoxy groups -OCH3 is 2. The molecule has 2 heterocycles. The number of rotatable bonds is 5. The highest BCUT2D eigenvalue weighted by atomic mass is 32.1. The van der Waals surface area contributed by atoms with E-state index in [0.29, 0.717) is 34.7 Å². The summed E-state index contributed by atoms with van der Waals surface area (Å²) in [7, 11) is 3.15. The molecule has 4 rings (SSSR count). The third-order valence-corrected chi connectivity index (χ3v) is 4.94. The van der Waals surface area contributed by atoms with E-state index in [1.54, 1.807) is 26.4 Å². The molecule has 0 unspecified atom stereocenters. The average molecular weight is 387 g/mol. The second-order valence-corrected chi connectivity index (χ2v) is 6.72. The first-order valence-electron chi connectivity index (χ1n) is 8.12. The summed E-state index contributed by atoms with van der Waals surface area (Å²) >= 11 is 1.37. The summed E-state index contributed by atoms with van der Waals surface area (Å²) in [5.41, 5.74) is 1.64. The van der Waals surface area contributed by atoms with Crippen molar-refractivity contribution in [3.05, 3.63) is 35.9 Å². The van der Waals surface area contributed by atoms with E-state index in [0.717, 1.165) is 15.8 Å². The normalized spacial score (nSPS) is 12.1. The lowest BCUT2D eigenvalue weighted by Crippen LogP contribution is -2.28. The van der Waals surface area contributed by atoms with Crippen LogP contribution in [0.2, 0.25) is 0 Å². The number of amides is 2. The van der Waals surface area contributed by atoms with Crippen molar-refractivity contribution in [3.63, 3.8) is 0 Å². The number of aromatic nitrogens is 1. The number of nitrogens with zero attached hydrogens (tertiary/aromatic N) is 1. The number of hydrogen-bond acceptors (Lipinski definition) is 7. The minimum atomic E-state index is -0.344. The van der Waals surface area contributed by atoms with E-state index in [9.17, 15) is 4.79 Å². The molecule has 1 aliphatic heterocycles. The lowest BCUT2D eigenvalue weighted by Gasteiger charge is -2.10. The highest BCUT2D eigenvalue weighted by molar-refractivity contribution is 7.22. The van der Waals surface area contributed by atoms with Gasteiger partial charge in [-0.15, -0.1) is 0 Å². The third-order valence-electron chi connectivity index (χ3n) is 4.00. The van der Waals surface area contributed by atoms with Crippen LogP contribution in [0, 0.1) is 0 Å². The van der Waals surface area contributed by atoms with Gasteiger partial charge in [0.15, 0.2) is 28.1 Å². The van der Waals surface area contributed by atoms with Gasteiger partial charge in [-0.3, -0.25) is 5.32 Å². The number of thiazole rings is 1. The van der Waals surface area contributed by atoms with Gasteiger partial charge in [0, 0.05) is 18.7 Å². The van der Waals surface area contributed by atoms with Crippen LogP contribution in [0.4, 0.5) is 9.93 Å². The minimum Gasteiger partial charge on any atom is -0.493 e. The Kier molecular flexibility index (Phi) is 4.59. The zero-order valence-electron chi connectivity index (χ0n) is 14.7. The van der Waals surface area contributed by atoms with E-state index in [1.807, 2.05) is 18.2 Å². The predicted molar refractivity (Wildman–Crippen MR) is 101 cm³/mol. The molecule has 0 saturated heterocycles. The highest BCUT2D eigenvalue weighted by Crippen LogP contribution is 2.38. The summed E-state index contributed by atoms with van der Waals surface area (Å²) in [5, 5.41) is 6.04. The van der Waals surface area contributed by atoms with Crippen molar-refractivity contribution in [3.8, 4) is 23.0 Å². The number of benzene rings is 2. The van der Waals surface area contributed by atoms with Gasteiger partial charge in [0.1, 0.15) is 0 Å². The number of ether oxygens (including phenoxy) is 4. The molecule has 0 spiro atoms. The smallest absolute Gasteiger partial charge is 0.321 e. The Labute approximate surface area is 159 Å². The fourth-order valence-corrected chi connectivity index (χ4v) is 3.56. The maximum Gasteiger partial charge on any atom is 0.321 e. The van der Waals surface area contributed by atoms with Crippen LogP contribution in [-0.2, 0) is 6.54 Å². The summed E-state index contributed by atoms with van der Waals surface area (Å²) in [5.74, 6) is 2.61. The molecular formula is C18H17N3O5S. The summed E-state index contributed by atoms with van der Waals surface area (Å²) in [4.78, 5) is 16.6. The Bertz CT molecular complexity index is 963. The van der Waals surface area contributed by atoms with Crippen molar-refractivity contribution < 1.29 is 23.7 Å². The Morgan fingerprint density at radius 3 is 2.70 bits per heavy atom. The quantitative estimate of drug-likeness (QED) is 0.698. The van der Waals surface area contributed by atoms with Gasteiger partial charge >= 0.3 is 6.03 Å². The molecular weight excluding hydrogens is 370 g/mol. The Balaban J connectivity index is 1.40. The van der Waals surface area contributed by atoms with Crippen molar-refractivity contribution in [1.29, 1.82) is 0 Å². The van der Waals surface area contributed by atoms with Crippen molar-refractivity contribution in [2.75, 3.05) is 26.3 Å². The van der Waals surface area contributed by atoms with Gasteiger partial charge in [0.05, 0.1) is 24.4 Å². The largest absolute Gasteiger partial charge is 0.493 e. The molecule has 140 valence electrons. The molecule has 0 radical (unpaired) electrons. The van der Waals surface area contributed by atoms with Crippen LogP contribution in [0.5, 0.6) is 23.0 Å². The zero-order valence-corrected chi connectivity index (χ0v) is 15.5. The molecule has 0 saturated carbocycles. The number of hydrogen-bond donors (Lipinski definition) is 2. The first kappa shape index (κ1) is 17.2. The van der Waals surface area contributed by atoms with Gasteiger partial charge in [0.2, 0.25) is 6.79 Å². The van der Waals surface area contributed by atoms with Gasteiger partial charge in [-0.1, -0.05) is 17.4 Å². The van der Waals surface area contributed by atoms with Crippen LogP contribution in [0.25, 0.3) is 10.2 Å². The molecule has 3 aromatic rings. The lowest BCUT2D eigenvalue weighted by atomic mass is 10.2. The highest BCUT2D eigenvalue weighted by Gasteiger charge is 2.17. The zero-order chi connectivity index (χ0) is 18.8. The van der Waals surface area contributed by atoms with E-state index >= 15 is 0 Å². The fraction of sp³-hybridized carbons (Fsp3) is 0.222. The molecule has 2 amide bonds. The van der Waals surface area contributed by atoms with E-state index in [1.165, 1.54) is 11.3 Å². The second kappa shape index (κ2) is 7.20. The molecule has 0 atom stereocenters. The molecule has 2 aromatic carbocycles. The van der Waals surface area contributed by atoms with Crippen LogP contribution in [0.15, 0.2) is 30.3 Å². The number of nitrogens with one attached hydrogen (secondary N) is 2. The van der Waals surface area contributed by atoms with Crippen molar-refractivity contribution in [1.82, 2.24) is 10.3 Å². The maximum atomic E-state index is 12.2. The number of carbonyl (C=O) groups excluding carboxylic acids is 1. The molecule has 0 fully saturated rings. The first-order valence-corrected chi connectivity index (χ1v) is 8.94. The molecule has 2 N–H and O–H groups in total. The lowest BCUT2D eigenvalue weighted by molar-refractivity contribution is 0.174. The number of urea groups is 1. The number of anilines is 1. The van der Waals surface area contributed by atoms with Gasteiger partial charge in [-0.25, -0.2) is 9.78 Å². The van der Waals surface area contributed by atoms with E-state index < -0.39 is 0 Å². The predicted octanol–water partition coefficient (Wildman–Crippen LogP) is 3.36. The van der Waals surface area contributed by atoms with Crippen LogP contribution < -0.4 is 29.6 Å². The van der Waals surface area contributed by atoms with E-state index in [-0.39, 0.29) is 12.8 Å². The van der Waals surface area contributed by atoms with Crippen LogP contribution in [0.3, 0.4) is 0 Å². The van der Waals surface area contributed by atoms with Gasteiger partial charge in [0.25, 0.3) is 0 Å². The Hall–Kier alpha value is -3.20. The van der Waals surface area contributed by atoms with Crippen LogP contribution in [-0.4, -0.2) is 32.0 Å². The molecule has 1 aromatic heterocycles. The molecule has 8 nitrogen and oxygen atoms in total. The standard InChI is InChI=1S/C18H17N3O5S/c1-23-12-4-3-10(5-13(12)24-2)8-19-17(22)21-18-20-11-6-14-15(26-9-25-14)7-16(11)27-18/h3-7H,8-9H2,1-2H3,(H2,19,20,21,22). The summed E-state index contributed by atoms with van der Waals surface area (Å²) < 4.78 is 22.1. The first-order chi connectivity index (χ1) is 13.2. The summed E-state index contributed by atoms with van der Waals surface area (Å²) in [6.07, 6.45) is 0. The third kappa shape index (κ3) is 3.54. The molecule has 1 aliphatic rings. The molecule has 0 aliphatic carbocycles.